The minimum absolute atomic E-state index is 0.120. The van der Waals surface area contributed by atoms with Crippen molar-refractivity contribution in [3.63, 3.8) is 0 Å². The normalized spacial score (nSPS) is 22.4. The van der Waals surface area contributed by atoms with Gasteiger partial charge in [0, 0.05) is 18.5 Å². The van der Waals surface area contributed by atoms with Crippen molar-refractivity contribution in [1.82, 2.24) is 4.98 Å². The van der Waals surface area contributed by atoms with Gasteiger partial charge in [0.1, 0.15) is 11.9 Å². The number of β-amino-alcohol motifs (C(OH)–C–C–N with tert-alkyl or cyclic N) is 2. The molecule has 20 heavy (non-hydrogen) atoms. The van der Waals surface area contributed by atoms with Crippen LogP contribution in [0, 0.1) is 10.1 Å². The van der Waals surface area contributed by atoms with Gasteiger partial charge in [-0.2, -0.15) is 0 Å². The summed E-state index contributed by atoms with van der Waals surface area (Å²) in [4.78, 5) is 16.4. The number of anilines is 1. The fourth-order valence-corrected chi connectivity index (χ4v) is 2.53. The summed E-state index contributed by atoms with van der Waals surface area (Å²) < 4.78 is 0. The molecule has 2 atom stereocenters. The second-order valence-corrected chi connectivity index (χ2v) is 4.81. The molecule has 1 aromatic carbocycles. The zero-order valence-corrected chi connectivity index (χ0v) is 10.5. The number of fused-ring (bicyclic) bond motifs is 1. The highest BCUT2D eigenvalue weighted by molar-refractivity contribution is 5.96. The average Bonchev–Trinajstić information content (AvgIpc) is 2.77. The maximum atomic E-state index is 11.2. The third-order valence-corrected chi connectivity index (χ3v) is 3.50. The van der Waals surface area contributed by atoms with Crippen molar-refractivity contribution in [2.45, 2.75) is 12.2 Å². The minimum atomic E-state index is -0.901. The second-order valence-electron chi connectivity index (χ2n) is 4.81. The van der Waals surface area contributed by atoms with E-state index < -0.39 is 17.1 Å². The fourth-order valence-electron chi connectivity index (χ4n) is 2.53. The van der Waals surface area contributed by atoms with Gasteiger partial charge in [0.15, 0.2) is 0 Å². The molecule has 1 saturated heterocycles. The Morgan fingerprint density at radius 2 is 1.90 bits per heavy atom. The van der Waals surface area contributed by atoms with Crippen LogP contribution < -0.4 is 4.90 Å². The first-order valence-corrected chi connectivity index (χ1v) is 6.21. The number of aliphatic hydroxyl groups is 2. The van der Waals surface area contributed by atoms with E-state index in [9.17, 15) is 20.3 Å². The lowest BCUT2D eigenvalue weighted by Crippen LogP contribution is -2.22. The van der Waals surface area contributed by atoms with E-state index in [1.807, 2.05) is 0 Å². The molecule has 1 fully saturated rings. The van der Waals surface area contributed by atoms with Gasteiger partial charge >= 0.3 is 5.69 Å². The van der Waals surface area contributed by atoms with Crippen molar-refractivity contribution < 1.29 is 15.1 Å². The van der Waals surface area contributed by atoms with Crippen LogP contribution >= 0.6 is 0 Å². The number of nitrogens with zero attached hydrogens (tertiary/aromatic N) is 3. The maximum absolute atomic E-state index is 11.2. The highest BCUT2D eigenvalue weighted by atomic mass is 16.6. The van der Waals surface area contributed by atoms with E-state index in [1.165, 1.54) is 6.20 Å². The van der Waals surface area contributed by atoms with Gasteiger partial charge in [-0.1, -0.05) is 18.2 Å². The Morgan fingerprint density at radius 1 is 1.25 bits per heavy atom. The molecule has 1 aromatic heterocycles. The second kappa shape index (κ2) is 4.69. The lowest BCUT2D eigenvalue weighted by atomic mass is 10.1. The number of para-hydroxylation sites is 1. The summed E-state index contributed by atoms with van der Waals surface area (Å²) in [6, 6.07) is 7.10. The summed E-state index contributed by atoms with van der Waals surface area (Å²) >= 11 is 0. The van der Waals surface area contributed by atoms with Crippen molar-refractivity contribution in [3.8, 4) is 0 Å². The molecule has 1 aliphatic heterocycles. The third-order valence-electron chi connectivity index (χ3n) is 3.50. The smallest absolute Gasteiger partial charge is 0.311 e. The Balaban J connectivity index is 2.20. The summed E-state index contributed by atoms with van der Waals surface area (Å²) in [5.74, 6) is 0. The molecule has 0 bridgehead atoms. The van der Waals surface area contributed by atoms with E-state index in [-0.39, 0.29) is 18.8 Å². The number of benzene rings is 1. The molecule has 0 aliphatic carbocycles. The summed E-state index contributed by atoms with van der Waals surface area (Å²) in [6.07, 6.45) is -0.586. The van der Waals surface area contributed by atoms with Gasteiger partial charge < -0.3 is 15.1 Å². The number of aromatic nitrogens is 1. The van der Waals surface area contributed by atoms with E-state index >= 15 is 0 Å². The van der Waals surface area contributed by atoms with Crippen LogP contribution in [0.15, 0.2) is 30.5 Å². The van der Waals surface area contributed by atoms with Crippen molar-refractivity contribution in [2.24, 2.45) is 0 Å². The highest BCUT2D eigenvalue weighted by Gasteiger charge is 2.34. The Hall–Kier alpha value is -2.25. The highest BCUT2D eigenvalue weighted by Crippen LogP contribution is 2.36. The number of hydrogen-bond acceptors (Lipinski definition) is 6. The predicted molar refractivity (Wildman–Crippen MR) is 72.6 cm³/mol. The molecule has 0 saturated carbocycles. The Labute approximate surface area is 114 Å². The minimum Gasteiger partial charge on any atom is -0.389 e. The van der Waals surface area contributed by atoms with Crippen LogP contribution in [-0.4, -0.2) is 45.4 Å². The van der Waals surface area contributed by atoms with Crippen molar-refractivity contribution in [3.05, 3.63) is 40.6 Å². The molecule has 2 unspecified atom stereocenters. The van der Waals surface area contributed by atoms with Gasteiger partial charge in [0.25, 0.3) is 0 Å². The molecule has 104 valence electrons. The Morgan fingerprint density at radius 3 is 2.55 bits per heavy atom. The molecular weight excluding hydrogens is 262 g/mol. The molecule has 2 heterocycles. The third kappa shape index (κ3) is 1.97. The zero-order chi connectivity index (χ0) is 14.3. The number of nitro groups is 1. The largest absolute Gasteiger partial charge is 0.389 e. The first-order valence-electron chi connectivity index (χ1n) is 6.21. The topological polar surface area (TPSA) is 99.7 Å². The van der Waals surface area contributed by atoms with Gasteiger partial charge in [-0.25, -0.2) is 4.98 Å². The maximum Gasteiger partial charge on any atom is 0.311 e. The van der Waals surface area contributed by atoms with E-state index in [0.29, 0.717) is 16.6 Å². The Bertz CT molecular complexity index is 666. The predicted octanol–water partition coefficient (Wildman–Crippen LogP) is 0.685. The number of rotatable bonds is 2. The zero-order valence-electron chi connectivity index (χ0n) is 10.5. The van der Waals surface area contributed by atoms with Crippen LogP contribution in [0.4, 0.5) is 11.4 Å². The quantitative estimate of drug-likeness (QED) is 0.617. The van der Waals surface area contributed by atoms with Crippen LogP contribution in [0.3, 0.4) is 0 Å². The lowest BCUT2D eigenvalue weighted by molar-refractivity contribution is -0.384. The van der Waals surface area contributed by atoms with Crippen LogP contribution in [0.5, 0.6) is 0 Å². The summed E-state index contributed by atoms with van der Waals surface area (Å²) in [5, 5.41) is 31.1. The molecule has 0 radical (unpaired) electrons. The van der Waals surface area contributed by atoms with Crippen LogP contribution in [-0.2, 0) is 0 Å². The van der Waals surface area contributed by atoms with Crippen LogP contribution in [0.25, 0.3) is 10.9 Å². The van der Waals surface area contributed by atoms with Crippen molar-refractivity contribution >= 4 is 22.3 Å². The van der Waals surface area contributed by atoms with Crippen LogP contribution in [0.1, 0.15) is 0 Å². The van der Waals surface area contributed by atoms with Gasteiger partial charge in [-0.15, -0.1) is 0 Å². The molecule has 7 nitrogen and oxygen atoms in total. The summed E-state index contributed by atoms with van der Waals surface area (Å²) in [5.41, 5.74) is 0.921. The number of pyridine rings is 1. The Kier molecular flexibility index (Phi) is 3.00. The van der Waals surface area contributed by atoms with E-state index in [1.54, 1.807) is 29.2 Å². The van der Waals surface area contributed by atoms with Gasteiger partial charge in [0.2, 0.25) is 0 Å². The molecule has 1 aliphatic rings. The molecule has 7 heteroatoms. The van der Waals surface area contributed by atoms with Gasteiger partial charge in [-0.3, -0.25) is 10.1 Å². The number of aliphatic hydroxyl groups excluding tert-OH is 2. The SMILES string of the molecule is O=[N+]([O-])c1cnc2ccccc2c1N1CC(O)C(O)C1. The molecule has 0 spiro atoms. The molecule has 2 N–H and O–H groups in total. The summed E-state index contributed by atoms with van der Waals surface area (Å²) in [7, 11) is 0. The molecular formula is C13H13N3O4. The van der Waals surface area contributed by atoms with Gasteiger partial charge in [-0.05, 0) is 6.07 Å². The standard InChI is InChI=1S/C13H13N3O4/c17-11-6-15(7-12(11)18)13-8-3-1-2-4-9(8)14-5-10(13)16(19)20/h1-5,11-12,17-18H,6-7H2. The summed E-state index contributed by atoms with van der Waals surface area (Å²) in [6.45, 7) is 0.325. The number of hydrogen-bond donors (Lipinski definition) is 2. The van der Waals surface area contributed by atoms with Gasteiger partial charge in [0.05, 0.1) is 22.6 Å². The van der Waals surface area contributed by atoms with E-state index in [2.05, 4.69) is 4.98 Å². The molecule has 2 aromatic rings. The van der Waals surface area contributed by atoms with E-state index in [0.717, 1.165) is 0 Å². The molecule has 0 amide bonds. The fraction of sp³-hybridized carbons (Fsp3) is 0.308. The first-order chi connectivity index (χ1) is 9.58. The van der Waals surface area contributed by atoms with Crippen molar-refractivity contribution in [1.29, 1.82) is 0 Å². The molecule has 3 rings (SSSR count). The van der Waals surface area contributed by atoms with E-state index in [4.69, 9.17) is 0 Å². The average molecular weight is 275 g/mol. The van der Waals surface area contributed by atoms with Crippen molar-refractivity contribution in [2.75, 3.05) is 18.0 Å². The van der Waals surface area contributed by atoms with Crippen LogP contribution in [0.2, 0.25) is 0 Å². The monoisotopic (exact) mass is 275 g/mol. The lowest BCUT2D eigenvalue weighted by Gasteiger charge is -2.19. The first kappa shape index (κ1) is 12.8.